The molecule has 21 heavy (non-hydrogen) atoms. The molecule has 1 fully saturated rings. The van der Waals surface area contributed by atoms with Crippen molar-refractivity contribution in [3.05, 3.63) is 18.2 Å². The van der Waals surface area contributed by atoms with Crippen molar-refractivity contribution >= 4 is 21.4 Å². The number of hydrogen-bond acceptors (Lipinski definition) is 5. The summed E-state index contributed by atoms with van der Waals surface area (Å²) in [6, 6.07) is 4.84. The first kappa shape index (κ1) is 16.1. The second-order valence-electron chi connectivity index (χ2n) is 5.55. The van der Waals surface area contributed by atoms with Gasteiger partial charge in [0.05, 0.1) is 16.3 Å². The number of nitrogens with one attached hydrogen (secondary N) is 1. The molecule has 0 spiro atoms. The number of rotatable bonds is 5. The maximum absolute atomic E-state index is 11.4. The zero-order valence-corrected chi connectivity index (χ0v) is 13.2. The van der Waals surface area contributed by atoms with Crippen molar-refractivity contribution in [1.29, 1.82) is 0 Å². The number of piperidine rings is 1. The van der Waals surface area contributed by atoms with Gasteiger partial charge in [-0.1, -0.05) is 6.92 Å². The van der Waals surface area contributed by atoms with E-state index >= 15 is 0 Å². The van der Waals surface area contributed by atoms with Crippen molar-refractivity contribution in [1.82, 2.24) is 4.90 Å². The molecule has 2 rings (SSSR count). The van der Waals surface area contributed by atoms with Gasteiger partial charge in [0.15, 0.2) is 0 Å². The highest BCUT2D eigenvalue weighted by atomic mass is 32.2. The van der Waals surface area contributed by atoms with Crippen LogP contribution in [0, 0.1) is 0 Å². The zero-order chi connectivity index (χ0) is 15.5. The second-order valence-corrected chi connectivity index (χ2v) is 7.12. The van der Waals surface area contributed by atoms with E-state index < -0.39 is 10.0 Å². The van der Waals surface area contributed by atoms with E-state index in [2.05, 4.69) is 17.1 Å². The van der Waals surface area contributed by atoms with Crippen LogP contribution in [0.4, 0.5) is 11.4 Å². The number of nitrogen functional groups attached to an aromatic ring is 1. The molecule has 0 atom stereocenters. The Morgan fingerprint density at radius 2 is 2.00 bits per heavy atom. The van der Waals surface area contributed by atoms with Crippen LogP contribution < -0.4 is 16.2 Å². The van der Waals surface area contributed by atoms with Crippen LogP contribution in [0.2, 0.25) is 0 Å². The number of nitrogens with two attached hydrogens (primary N) is 2. The summed E-state index contributed by atoms with van der Waals surface area (Å²) in [4.78, 5) is 2.53. The number of nitrogens with zero attached hydrogens (tertiary/aromatic N) is 1. The molecule has 0 saturated carbocycles. The van der Waals surface area contributed by atoms with Gasteiger partial charge in [-0.25, -0.2) is 13.6 Å². The molecule has 6 nitrogen and oxygen atoms in total. The molecule has 118 valence electrons. The van der Waals surface area contributed by atoms with Crippen molar-refractivity contribution < 1.29 is 8.42 Å². The lowest BCUT2D eigenvalue weighted by molar-refractivity contribution is 0.219. The van der Waals surface area contributed by atoms with E-state index in [1.165, 1.54) is 18.6 Å². The minimum atomic E-state index is -3.70. The lowest BCUT2D eigenvalue weighted by Crippen LogP contribution is -2.39. The highest BCUT2D eigenvalue weighted by Crippen LogP contribution is 2.25. The fourth-order valence-electron chi connectivity index (χ4n) is 2.67. The molecule has 1 aliphatic rings. The zero-order valence-electron chi connectivity index (χ0n) is 12.4. The largest absolute Gasteiger partial charge is 0.397 e. The average molecular weight is 312 g/mol. The molecule has 0 aromatic heterocycles. The van der Waals surface area contributed by atoms with Gasteiger partial charge in [0, 0.05) is 19.1 Å². The molecular formula is C14H24N4O2S. The third-order valence-electron chi connectivity index (χ3n) is 3.84. The van der Waals surface area contributed by atoms with Gasteiger partial charge >= 0.3 is 0 Å². The Balaban J connectivity index is 2.03. The number of benzene rings is 1. The second kappa shape index (κ2) is 6.64. The molecule has 0 bridgehead atoms. The first-order chi connectivity index (χ1) is 9.90. The predicted octanol–water partition coefficient (Wildman–Crippen LogP) is 1.20. The van der Waals surface area contributed by atoms with Crippen molar-refractivity contribution in [3.8, 4) is 0 Å². The number of primary sulfonamides is 1. The molecule has 0 aliphatic carbocycles. The summed E-state index contributed by atoms with van der Waals surface area (Å²) in [6.07, 6.45) is 3.22. The molecule has 0 amide bonds. The maximum Gasteiger partial charge on any atom is 0.238 e. The van der Waals surface area contributed by atoms with Gasteiger partial charge in [-0.15, -0.1) is 0 Å². The highest BCUT2D eigenvalue weighted by molar-refractivity contribution is 7.89. The van der Waals surface area contributed by atoms with Crippen LogP contribution in [0.1, 0.15) is 26.2 Å². The summed E-state index contributed by atoms with van der Waals surface area (Å²) in [6.45, 7) is 5.43. The quantitative estimate of drug-likeness (QED) is 0.709. The summed E-state index contributed by atoms with van der Waals surface area (Å²) in [5.74, 6) is 0. The van der Waals surface area contributed by atoms with Gasteiger partial charge in [0.2, 0.25) is 10.0 Å². The lowest BCUT2D eigenvalue weighted by atomic mass is 10.0. The highest BCUT2D eigenvalue weighted by Gasteiger charge is 2.19. The molecule has 1 heterocycles. The van der Waals surface area contributed by atoms with Crippen molar-refractivity contribution in [2.24, 2.45) is 5.14 Å². The van der Waals surface area contributed by atoms with E-state index in [4.69, 9.17) is 10.9 Å². The van der Waals surface area contributed by atoms with Gasteiger partial charge in [-0.2, -0.15) is 0 Å². The Bertz CT molecular complexity index is 581. The minimum absolute atomic E-state index is 0.0858. The standard InChI is InChI=1S/C14H24N4O2S/c1-2-7-18-8-5-11(6-9-18)17-14-10-12(21(16,19)20)3-4-13(14)15/h3-4,10-11,17H,2,5-9,15H2,1H3,(H2,16,19,20). The summed E-state index contributed by atoms with van der Waals surface area (Å²) in [5, 5.41) is 8.51. The van der Waals surface area contributed by atoms with Crippen LogP contribution >= 0.6 is 0 Å². The van der Waals surface area contributed by atoms with Crippen LogP contribution in [0.5, 0.6) is 0 Å². The maximum atomic E-state index is 11.4. The Morgan fingerprint density at radius 1 is 1.33 bits per heavy atom. The van der Waals surface area contributed by atoms with Crippen LogP contribution in [-0.4, -0.2) is 39.0 Å². The van der Waals surface area contributed by atoms with E-state index in [0.29, 0.717) is 17.4 Å². The van der Waals surface area contributed by atoms with Crippen LogP contribution in [0.25, 0.3) is 0 Å². The normalized spacial score (nSPS) is 17.8. The fourth-order valence-corrected chi connectivity index (χ4v) is 3.21. The monoisotopic (exact) mass is 312 g/mol. The van der Waals surface area contributed by atoms with Gasteiger partial charge in [0.25, 0.3) is 0 Å². The molecule has 0 radical (unpaired) electrons. The Kier molecular flexibility index (Phi) is 5.08. The summed E-state index contributed by atoms with van der Waals surface area (Å²) >= 11 is 0. The predicted molar refractivity (Wildman–Crippen MR) is 85.6 cm³/mol. The van der Waals surface area contributed by atoms with Crippen LogP contribution in [0.15, 0.2) is 23.1 Å². The number of sulfonamides is 1. The van der Waals surface area contributed by atoms with E-state index in [1.807, 2.05) is 0 Å². The van der Waals surface area contributed by atoms with Crippen LogP contribution in [-0.2, 0) is 10.0 Å². The lowest BCUT2D eigenvalue weighted by Gasteiger charge is -2.32. The number of hydrogen-bond donors (Lipinski definition) is 3. The van der Waals surface area contributed by atoms with E-state index in [9.17, 15) is 8.42 Å². The topological polar surface area (TPSA) is 101 Å². The first-order valence-electron chi connectivity index (χ1n) is 7.31. The smallest absolute Gasteiger partial charge is 0.238 e. The SMILES string of the molecule is CCCN1CCC(Nc2cc(S(N)(=O)=O)ccc2N)CC1. The molecule has 1 aromatic rings. The molecular weight excluding hydrogens is 288 g/mol. The summed E-state index contributed by atoms with van der Waals surface area (Å²) in [7, 11) is -3.70. The van der Waals surface area contributed by atoms with Gasteiger partial charge in [-0.05, 0) is 44.0 Å². The van der Waals surface area contributed by atoms with E-state index in [1.54, 1.807) is 6.07 Å². The summed E-state index contributed by atoms with van der Waals surface area (Å²) < 4.78 is 22.8. The fraction of sp³-hybridized carbons (Fsp3) is 0.571. The minimum Gasteiger partial charge on any atom is -0.397 e. The van der Waals surface area contributed by atoms with Crippen molar-refractivity contribution in [2.75, 3.05) is 30.7 Å². The molecule has 1 aromatic carbocycles. The Labute approximate surface area is 126 Å². The molecule has 0 unspecified atom stereocenters. The number of anilines is 2. The average Bonchev–Trinajstić information content (AvgIpc) is 2.42. The Hall–Kier alpha value is -1.31. The molecule has 1 saturated heterocycles. The van der Waals surface area contributed by atoms with Gasteiger partial charge in [0.1, 0.15) is 0 Å². The Morgan fingerprint density at radius 3 is 2.57 bits per heavy atom. The first-order valence-corrected chi connectivity index (χ1v) is 8.86. The van der Waals surface area contributed by atoms with Crippen molar-refractivity contribution in [3.63, 3.8) is 0 Å². The third kappa shape index (κ3) is 4.33. The third-order valence-corrected chi connectivity index (χ3v) is 4.75. The molecule has 7 heteroatoms. The van der Waals surface area contributed by atoms with Gasteiger partial charge < -0.3 is 16.0 Å². The molecule has 5 N–H and O–H groups in total. The van der Waals surface area contributed by atoms with E-state index in [0.717, 1.165) is 32.5 Å². The van der Waals surface area contributed by atoms with E-state index in [-0.39, 0.29) is 4.90 Å². The summed E-state index contributed by atoms with van der Waals surface area (Å²) in [5.41, 5.74) is 7.11. The number of likely N-dealkylation sites (tertiary alicyclic amines) is 1. The van der Waals surface area contributed by atoms with Gasteiger partial charge in [-0.3, -0.25) is 0 Å². The van der Waals surface area contributed by atoms with Crippen LogP contribution in [0.3, 0.4) is 0 Å². The van der Waals surface area contributed by atoms with Crippen molar-refractivity contribution in [2.45, 2.75) is 37.1 Å². The molecule has 1 aliphatic heterocycles.